The molecule has 2 aromatic rings. The quantitative estimate of drug-likeness (QED) is 0.891. The molecule has 0 aromatic heterocycles. The van der Waals surface area contributed by atoms with Gasteiger partial charge in [0.05, 0.1) is 17.3 Å². The van der Waals surface area contributed by atoms with Crippen molar-refractivity contribution in [1.29, 1.82) is 0 Å². The zero-order valence-corrected chi connectivity index (χ0v) is 13.8. The molecule has 0 radical (unpaired) electrons. The lowest BCUT2D eigenvalue weighted by molar-refractivity contribution is -0.119. The van der Waals surface area contributed by atoms with Crippen molar-refractivity contribution in [1.82, 2.24) is 10.5 Å². The number of carbonyl (C=O) groups is 2. The molecular weight excluding hydrogens is 328 g/mol. The molecule has 2 amide bonds. The van der Waals surface area contributed by atoms with Gasteiger partial charge in [-0.15, -0.1) is 5.53 Å². The number of hydrazine groups is 2. The predicted molar refractivity (Wildman–Crippen MR) is 92.2 cm³/mol. The molecule has 124 valence electrons. The summed E-state index contributed by atoms with van der Waals surface area (Å²) in [6.07, 6.45) is 0. The van der Waals surface area contributed by atoms with Crippen molar-refractivity contribution in [3.05, 3.63) is 64.7 Å². The Morgan fingerprint density at radius 3 is 2.58 bits per heavy atom. The van der Waals surface area contributed by atoms with Gasteiger partial charge in [-0.3, -0.25) is 14.6 Å². The molecule has 1 unspecified atom stereocenters. The van der Waals surface area contributed by atoms with E-state index in [0.717, 1.165) is 11.3 Å². The Morgan fingerprint density at radius 2 is 1.88 bits per heavy atom. The average Bonchev–Trinajstić information content (AvgIpc) is 2.57. The van der Waals surface area contributed by atoms with E-state index in [1.54, 1.807) is 17.1 Å². The van der Waals surface area contributed by atoms with Gasteiger partial charge in [-0.2, -0.15) is 0 Å². The molecular formula is C17H17ClN4O2. The van der Waals surface area contributed by atoms with Crippen molar-refractivity contribution in [3.8, 4) is 0 Å². The molecule has 3 N–H and O–H groups in total. The third kappa shape index (κ3) is 2.93. The van der Waals surface area contributed by atoms with E-state index in [2.05, 4.69) is 5.53 Å². The van der Waals surface area contributed by atoms with Crippen LogP contribution in [-0.4, -0.2) is 23.4 Å². The first-order chi connectivity index (χ1) is 11.5. The topological polar surface area (TPSA) is 78.7 Å². The zero-order chi connectivity index (χ0) is 17.3. The summed E-state index contributed by atoms with van der Waals surface area (Å²) in [4.78, 5) is 23.8. The lowest BCUT2D eigenvalue weighted by Crippen LogP contribution is -2.59. The van der Waals surface area contributed by atoms with E-state index in [1.807, 2.05) is 43.3 Å². The Hall–Kier alpha value is -2.57. The van der Waals surface area contributed by atoms with Gasteiger partial charge in [0.25, 0.3) is 5.91 Å². The molecule has 1 heterocycles. The van der Waals surface area contributed by atoms with Crippen LogP contribution in [0.3, 0.4) is 0 Å². The first-order valence-electron chi connectivity index (χ1n) is 7.48. The maximum atomic E-state index is 12.5. The van der Waals surface area contributed by atoms with Crippen molar-refractivity contribution in [3.63, 3.8) is 0 Å². The monoisotopic (exact) mass is 344 g/mol. The predicted octanol–water partition coefficient (Wildman–Crippen LogP) is 2.27. The molecule has 2 aromatic carbocycles. The highest BCUT2D eigenvalue weighted by Crippen LogP contribution is 2.34. The largest absolute Gasteiger partial charge is 0.368 e. The van der Waals surface area contributed by atoms with E-state index in [9.17, 15) is 9.59 Å². The molecule has 24 heavy (non-hydrogen) atoms. The molecule has 7 heteroatoms. The molecule has 0 saturated carbocycles. The van der Waals surface area contributed by atoms with E-state index in [-0.39, 0.29) is 18.5 Å². The summed E-state index contributed by atoms with van der Waals surface area (Å²) < 4.78 is 0. The molecule has 0 spiro atoms. The van der Waals surface area contributed by atoms with Crippen LogP contribution in [0.1, 0.15) is 28.9 Å². The number of amides is 2. The third-order valence-corrected chi connectivity index (χ3v) is 4.27. The highest BCUT2D eigenvalue weighted by atomic mass is 35.5. The Bertz CT molecular complexity index is 796. The van der Waals surface area contributed by atoms with Crippen molar-refractivity contribution in [2.24, 2.45) is 5.73 Å². The van der Waals surface area contributed by atoms with Crippen LogP contribution in [0.5, 0.6) is 0 Å². The van der Waals surface area contributed by atoms with Gasteiger partial charge >= 0.3 is 0 Å². The number of halogens is 1. The fourth-order valence-electron chi connectivity index (χ4n) is 2.75. The minimum atomic E-state index is -0.597. The van der Waals surface area contributed by atoms with E-state index in [1.165, 1.54) is 5.01 Å². The average molecular weight is 345 g/mol. The van der Waals surface area contributed by atoms with Crippen LogP contribution in [0.15, 0.2) is 48.5 Å². The third-order valence-electron chi connectivity index (χ3n) is 3.92. The van der Waals surface area contributed by atoms with Crippen molar-refractivity contribution >= 4 is 29.1 Å². The van der Waals surface area contributed by atoms with Crippen LogP contribution in [0, 0.1) is 0 Å². The summed E-state index contributed by atoms with van der Waals surface area (Å²) in [6, 6.07) is 14.5. The van der Waals surface area contributed by atoms with Gasteiger partial charge in [0, 0.05) is 5.02 Å². The van der Waals surface area contributed by atoms with Gasteiger partial charge in [-0.05, 0) is 30.7 Å². The summed E-state index contributed by atoms with van der Waals surface area (Å²) in [6.45, 7) is 1.74. The molecule has 0 saturated heterocycles. The summed E-state index contributed by atoms with van der Waals surface area (Å²) in [5.41, 5.74) is 10.3. The normalized spacial score (nSPS) is 15.2. The van der Waals surface area contributed by atoms with Gasteiger partial charge in [0.1, 0.15) is 6.54 Å². The lowest BCUT2D eigenvalue weighted by Gasteiger charge is -2.41. The van der Waals surface area contributed by atoms with Gasteiger partial charge in [-0.25, -0.2) is 5.01 Å². The second-order valence-electron chi connectivity index (χ2n) is 5.54. The van der Waals surface area contributed by atoms with Crippen molar-refractivity contribution in [2.45, 2.75) is 13.0 Å². The van der Waals surface area contributed by atoms with E-state index in [0.29, 0.717) is 10.6 Å². The van der Waals surface area contributed by atoms with Crippen LogP contribution in [0.2, 0.25) is 5.02 Å². The standard InChI is InChI=1S/C17H17ClN4O2/c1-11(12-6-2-4-8-14(12)18)22-15-9-5-3-7-13(15)17(24)21(20-22)10-16(19)23/h2-9,11,20H,10H2,1H3,(H2,19,23). The Kier molecular flexibility index (Phi) is 4.42. The first kappa shape index (κ1) is 16.3. The van der Waals surface area contributed by atoms with E-state index < -0.39 is 5.91 Å². The SMILES string of the molecule is CC(c1ccccc1Cl)N1NN(CC(N)=O)C(=O)c2ccccc21. The molecule has 1 aliphatic rings. The molecule has 0 bridgehead atoms. The van der Waals surface area contributed by atoms with Crippen LogP contribution in [0.25, 0.3) is 0 Å². The number of rotatable bonds is 4. The Morgan fingerprint density at radius 1 is 1.21 bits per heavy atom. The van der Waals surface area contributed by atoms with Crippen LogP contribution < -0.4 is 16.3 Å². The Balaban J connectivity index is 2.03. The van der Waals surface area contributed by atoms with Gasteiger partial charge in [0.2, 0.25) is 5.91 Å². The number of fused-ring (bicyclic) bond motifs is 1. The van der Waals surface area contributed by atoms with Gasteiger partial charge in [0.15, 0.2) is 0 Å². The van der Waals surface area contributed by atoms with Crippen LogP contribution in [0.4, 0.5) is 5.69 Å². The highest BCUT2D eigenvalue weighted by Gasteiger charge is 2.32. The van der Waals surface area contributed by atoms with Crippen molar-refractivity contribution in [2.75, 3.05) is 11.6 Å². The smallest absolute Gasteiger partial charge is 0.272 e. The summed E-state index contributed by atoms with van der Waals surface area (Å²) in [5, 5.41) is 3.64. The molecule has 6 nitrogen and oxygen atoms in total. The summed E-state index contributed by atoms with van der Waals surface area (Å²) in [7, 11) is 0. The number of hydrogen-bond donors (Lipinski definition) is 2. The number of anilines is 1. The Labute approximate surface area is 144 Å². The highest BCUT2D eigenvalue weighted by molar-refractivity contribution is 6.31. The second kappa shape index (κ2) is 6.51. The number of hydrogen-bond acceptors (Lipinski definition) is 4. The number of nitrogens with two attached hydrogens (primary N) is 1. The number of nitrogens with one attached hydrogen (secondary N) is 1. The van der Waals surface area contributed by atoms with Crippen LogP contribution in [-0.2, 0) is 4.79 Å². The van der Waals surface area contributed by atoms with E-state index >= 15 is 0 Å². The number of nitrogens with zero attached hydrogens (tertiary/aromatic N) is 2. The van der Waals surface area contributed by atoms with Gasteiger partial charge < -0.3 is 5.73 Å². The molecule has 0 aliphatic carbocycles. The zero-order valence-electron chi connectivity index (χ0n) is 13.1. The second-order valence-corrected chi connectivity index (χ2v) is 5.95. The summed E-state index contributed by atoms with van der Waals surface area (Å²) >= 11 is 6.31. The van der Waals surface area contributed by atoms with Crippen LogP contribution >= 0.6 is 11.6 Å². The minimum absolute atomic E-state index is 0.177. The fraction of sp³-hybridized carbons (Fsp3) is 0.176. The number of primary amides is 1. The number of carbonyl (C=O) groups excluding carboxylic acids is 2. The number of benzene rings is 2. The molecule has 1 aliphatic heterocycles. The molecule has 1 atom stereocenters. The number of para-hydroxylation sites is 1. The lowest BCUT2D eigenvalue weighted by atomic mass is 10.0. The maximum absolute atomic E-state index is 12.5. The first-order valence-corrected chi connectivity index (χ1v) is 7.86. The fourth-order valence-corrected chi connectivity index (χ4v) is 3.04. The van der Waals surface area contributed by atoms with E-state index in [4.69, 9.17) is 17.3 Å². The maximum Gasteiger partial charge on any atom is 0.272 e. The van der Waals surface area contributed by atoms with Gasteiger partial charge in [-0.1, -0.05) is 41.9 Å². The summed E-state index contributed by atoms with van der Waals surface area (Å²) in [5.74, 6) is -0.896. The molecule has 3 rings (SSSR count). The minimum Gasteiger partial charge on any atom is -0.368 e. The molecule has 0 fully saturated rings. The van der Waals surface area contributed by atoms with Crippen molar-refractivity contribution < 1.29 is 9.59 Å².